The number of hydrogen-bond donors (Lipinski definition) is 1. The van der Waals surface area contributed by atoms with Gasteiger partial charge in [0, 0.05) is 30.8 Å². The van der Waals surface area contributed by atoms with Crippen LogP contribution in [0.5, 0.6) is 5.75 Å². The summed E-state index contributed by atoms with van der Waals surface area (Å²) in [5.74, 6) is 1.22. The summed E-state index contributed by atoms with van der Waals surface area (Å²) < 4.78 is 10.9. The molecule has 5 heteroatoms. The Morgan fingerprint density at radius 3 is 2.70 bits per heavy atom. The predicted molar refractivity (Wildman–Crippen MR) is 85.0 cm³/mol. The van der Waals surface area contributed by atoms with Gasteiger partial charge in [0.1, 0.15) is 5.75 Å². The van der Waals surface area contributed by atoms with E-state index in [1.807, 2.05) is 6.07 Å². The van der Waals surface area contributed by atoms with E-state index in [1.54, 1.807) is 13.2 Å². The smallest absolute Gasteiger partial charge is 0.142 e. The maximum absolute atomic E-state index is 6.24. The minimum atomic E-state index is 0.496. The average molecular weight is 320 g/mol. The van der Waals surface area contributed by atoms with Gasteiger partial charge in [-0.1, -0.05) is 43.5 Å². The second-order valence-electron chi connectivity index (χ2n) is 4.87. The fraction of sp³-hybridized carbons (Fsp3) is 0.600. The van der Waals surface area contributed by atoms with Crippen LogP contribution in [-0.2, 0) is 11.3 Å². The second kappa shape index (κ2) is 9.46. The molecule has 0 radical (unpaired) electrons. The first-order valence-electron chi connectivity index (χ1n) is 6.88. The molecule has 0 aliphatic heterocycles. The van der Waals surface area contributed by atoms with Crippen LogP contribution in [0.4, 0.5) is 0 Å². The number of halogens is 2. The summed E-state index contributed by atoms with van der Waals surface area (Å²) in [6, 6.07) is 3.60. The third kappa shape index (κ3) is 5.88. The monoisotopic (exact) mass is 319 g/mol. The quantitative estimate of drug-likeness (QED) is 0.693. The van der Waals surface area contributed by atoms with Crippen molar-refractivity contribution in [3.05, 3.63) is 27.7 Å². The lowest BCUT2D eigenvalue weighted by Crippen LogP contribution is -2.19. The predicted octanol–water partition coefficient (Wildman–Crippen LogP) is 4.15. The Labute approximate surface area is 131 Å². The zero-order valence-corrected chi connectivity index (χ0v) is 13.9. The van der Waals surface area contributed by atoms with Crippen molar-refractivity contribution >= 4 is 23.2 Å². The maximum atomic E-state index is 6.24. The first-order chi connectivity index (χ1) is 9.58. The van der Waals surface area contributed by atoms with Gasteiger partial charge in [0.2, 0.25) is 0 Å². The molecular formula is C15H23Cl2NO2. The van der Waals surface area contributed by atoms with Crippen LogP contribution in [0.1, 0.15) is 25.8 Å². The van der Waals surface area contributed by atoms with Crippen LogP contribution >= 0.6 is 23.2 Å². The van der Waals surface area contributed by atoms with Gasteiger partial charge in [0.05, 0.1) is 18.2 Å². The van der Waals surface area contributed by atoms with Gasteiger partial charge in [-0.15, -0.1) is 0 Å². The molecule has 1 rings (SSSR count). The van der Waals surface area contributed by atoms with Crippen LogP contribution in [0.3, 0.4) is 0 Å². The SMILES string of the molecule is CCC(C)COc1c(Cl)cc(Cl)cc1CNCCOC. The van der Waals surface area contributed by atoms with Crippen molar-refractivity contribution in [3.8, 4) is 5.75 Å². The number of ether oxygens (including phenoxy) is 2. The van der Waals surface area contributed by atoms with Gasteiger partial charge < -0.3 is 14.8 Å². The summed E-state index contributed by atoms with van der Waals surface area (Å²) in [6.07, 6.45) is 1.08. The zero-order valence-electron chi connectivity index (χ0n) is 12.3. The molecular weight excluding hydrogens is 297 g/mol. The highest BCUT2D eigenvalue weighted by atomic mass is 35.5. The third-order valence-electron chi connectivity index (χ3n) is 3.09. The Balaban J connectivity index is 2.73. The Morgan fingerprint density at radius 2 is 2.05 bits per heavy atom. The first-order valence-corrected chi connectivity index (χ1v) is 7.64. The number of nitrogens with one attached hydrogen (secondary N) is 1. The van der Waals surface area contributed by atoms with E-state index in [-0.39, 0.29) is 0 Å². The lowest BCUT2D eigenvalue weighted by atomic mass is 10.1. The van der Waals surface area contributed by atoms with Gasteiger partial charge >= 0.3 is 0 Å². The van der Waals surface area contributed by atoms with Crippen LogP contribution in [0, 0.1) is 5.92 Å². The van der Waals surface area contributed by atoms with Crippen molar-refractivity contribution in [2.24, 2.45) is 5.92 Å². The fourth-order valence-electron chi connectivity index (χ4n) is 1.65. The van der Waals surface area contributed by atoms with Gasteiger partial charge in [-0.2, -0.15) is 0 Å². The molecule has 1 atom stereocenters. The molecule has 1 N–H and O–H groups in total. The minimum absolute atomic E-state index is 0.496. The summed E-state index contributed by atoms with van der Waals surface area (Å²) in [5.41, 5.74) is 0.974. The lowest BCUT2D eigenvalue weighted by molar-refractivity contribution is 0.199. The van der Waals surface area contributed by atoms with E-state index in [9.17, 15) is 0 Å². The highest BCUT2D eigenvalue weighted by Gasteiger charge is 2.12. The second-order valence-corrected chi connectivity index (χ2v) is 5.71. The average Bonchev–Trinajstić information content (AvgIpc) is 2.42. The molecule has 0 aromatic heterocycles. The summed E-state index contributed by atoms with van der Waals surface area (Å²) in [7, 11) is 1.68. The molecule has 20 heavy (non-hydrogen) atoms. The van der Waals surface area contributed by atoms with Crippen LogP contribution in [0.2, 0.25) is 10.0 Å². The molecule has 3 nitrogen and oxygen atoms in total. The van der Waals surface area contributed by atoms with E-state index in [4.69, 9.17) is 32.7 Å². The molecule has 0 saturated carbocycles. The van der Waals surface area contributed by atoms with Crippen LogP contribution in [0.25, 0.3) is 0 Å². The first kappa shape index (κ1) is 17.6. The Morgan fingerprint density at radius 1 is 1.30 bits per heavy atom. The van der Waals surface area contributed by atoms with E-state index < -0.39 is 0 Å². The summed E-state index contributed by atoms with van der Waals surface area (Å²) in [5, 5.41) is 4.46. The minimum Gasteiger partial charge on any atom is -0.491 e. The zero-order chi connectivity index (χ0) is 15.0. The van der Waals surface area contributed by atoms with Gasteiger partial charge in [0.15, 0.2) is 0 Å². The molecule has 0 fully saturated rings. The number of benzene rings is 1. The molecule has 1 aromatic rings. The van der Waals surface area contributed by atoms with Crippen molar-refractivity contribution in [2.45, 2.75) is 26.8 Å². The molecule has 0 heterocycles. The Bertz CT molecular complexity index is 413. The van der Waals surface area contributed by atoms with Crippen LogP contribution in [0.15, 0.2) is 12.1 Å². The normalized spacial score (nSPS) is 12.4. The van der Waals surface area contributed by atoms with E-state index in [1.165, 1.54) is 0 Å². The topological polar surface area (TPSA) is 30.5 Å². The van der Waals surface area contributed by atoms with E-state index >= 15 is 0 Å². The summed E-state index contributed by atoms with van der Waals surface area (Å²) in [4.78, 5) is 0. The highest BCUT2D eigenvalue weighted by molar-refractivity contribution is 6.35. The molecule has 114 valence electrons. The molecule has 0 aliphatic carbocycles. The number of methoxy groups -OCH3 is 1. The molecule has 1 aromatic carbocycles. The van der Waals surface area contributed by atoms with Gasteiger partial charge in [-0.25, -0.2) is 0 Å². The van der Waals surface area contributed by atoms with Crippen molar-refractivity contribution in [1.82, 2.24) is 5.32 Å². The summed E-state index contributed by atoms with van der Waals surface area (Å²) in [6.45, 7) is 7.04. The highest BCUT2D eigenvalue weighted by Crippen LogP contribution is 2.32. The molecule has 0 amide bonds. The molecule has 0 bridgehead atoms. The van der Waals surface area contributed by atoms with E-state index in [2.05, 4.69) is 19.2 Å². The standard InChI is InChI=1S/C15H23Cl2NO2/c1-4-11(2)10-20-15-12(9-18-5-6-19-3)7-13(16)8-14(15)17/h7-8,11,18H,4-6,9-10H2,1-3H3. The fourth-order valence-corrected chi connectivity index (χ4v) is 2.24. The maximum Gasteiger partial charge on any atom is 0.142 e. The van der Waals surface area contributed by atoms with Crippen molar-refractivity contribution in [1.29, 1.82) is 0 Å². The van der Waals surface area contributed by atoms with Crippen molar-refractivity contribution < 1.29 is 9.47 Å². The van der Waals surface area contributed by atoms with Crippen molar-refractivity contribution in [3.63, 3.8) is 0 Å². The third-order valence-corrected chi connectivity index (χ3v) is 3.59. The van der Waals surface area contributed by atoms with Gasteiger partial charge in [0.25, 0.3) is 0 Å². The Hall–Kier alpha value is -0.480. The number of hydrogen-bond acceptors (Lipinski definition) is 3. The molecule has 0 saturated heterocycles. The molecule has 1 unspecified atom stereocenters. The van der Waals surface area contributed by atoms with Gasteiger partial charge in [-0.3, -0.25) is 0 Å². The lowest BCUT2D eigenvalue weighted by Gasteiger charge is -2.16. The van der Waals surface area contributed by atoms with Crippen LogP contribution < -0.4 is 10.1 Å². The van der Waals surface area contributed by atoms with E-state index in [0.717, 1.165) is 24.3 Å². The Kier molecular flexibility index (Phi) is 8.31. The summed E-state index contributed by atoms with van der Waals surface area (Å²) >= 11 is 12.3. The largest absolute Gasteiger partial charge is 0.491 e. The van der Waals surface area contributed by atoms with E-state index in [0.29, 0.717) is 35.7 Å². The number of rotatable bonds is 9. The van der Waals surface area contributed by atoms with Crippen molar-refractivity contribution in [2.75, 3.05) is 26.9 Å². The molecule has 0 spiro atoms. The van der Waals surface area contributed by atoms with Gasteiger partial charge in [-0.05, 0) is 18.1 Å². The van der Waals surface area contributed by atoms with Crippen LogP contribution in [-0.4, -0.2) is 26.9 Å². The molecule has 0 aliphatic rings.